The van der Waals surface area contributed by atoms with Crippen LogP contribution < -0.4 is 5.32 Å². The van der Waals surface area contributed by atoms with E-state index in [1.807, 2.05) is 0 Å². The van der Waals surface area contributed by atoms with Gasteiger partial charge in [0.2, 0.25) is 5.91 Å². The van der Waals surface area contributed by atoms with Crippen LogP contribution in [0.5, 0.6) is 0 Å². The second-order valence-corrected chi connectivity index (χ2v) is 5.23. The number of carbonyl (C=O) groups is 4. The minimum Gasteiger partial charge on any atom is -0.480 e. The number of hydrogen-bond donors (Lipinski definition) is 3. The molecule has 2 aliphatic rings. The van der Waals surface area contributed by atoms with Crippen molar-refractivity contribution in [2.45, 2.75) is 37.5 Å². The summed E-state index contributed by atoms with van der Waals surface area (Å²) in [6.07, 6.45) is -0.622. The normalized spacial score (nSPS) is 29.7. The number of rotatable bonds is 2. The molecular weight excluding hydrogens is 282 g/mol. The summed E-state index contributed by atoms with van der Waals surface area (Å²) >= 11 is 0. The Hall–Kier alpha value is -2.16. The maximum absolute atomic E-state index is 12.1. The molecule has 21 heavy (non-hydrogen) atoms. The van der Waals surface area contributed by atoms with Crippen molar-refractivity contribution in [1.82, 2.24) is 15.1 Å². The van der Waals surface area contributed by atoms with Crippen LogP contribution in [-0.4, -0.2) is 75.6 Å². The van der Waals surface area contributed by atoms with E-state index in [4.69, 9.17) is 5.11 Å². The number of carbonyl (C=O) groups excluding carboxylic acids is 3. The van der Waals surface area contributed by atoms with E-state index in [0.717, 1.165) is 9.80 Å². The van der Waals surface area contributed by atoms with Gasteiger partial charge in [-0.15, -0.1) is 0 Å². The minimum atomic E-state index is -1.20. The van der Waals surface area contributed by atoms with Crippen LogP contribution in [0.25, 0.3) is 0 Å². The van der Waals surface area contributed by atoms with Crippen LogP contribution in [0.4, 0.5) is 4.79 Å². The number of β-amino-alcohol motifs (C(OH)–C–C–N with tert-alkyl or cyclic N) is 1. The van der Waals surface area contributed by atoms with Crippen molar-refractivity contribution in [3.8, 4) is 0 Å². The van der Waals surface area contributed by atoms with Crippen molar-refractivity contribution in [3.05, 3.63) is 0 Å². The molecule has 3 atom stereocenters. The number of nitrogens with one attached hydrogen (secondary N) is 1. The van der Waals surface area contributed by atoms with Crippen molar-refractivity contribution < 1.29 is 29.4 Å². The van der Waals surface area contributed by atoms with Gasteiger partial charge in [0.15, 0.2) is 0 Å². The highest BCUT2D eigenvalue weighted by molar-refractivity contribution is 6.01. The highest BCUT2D eigenvalue weighted by Crippen LogP contribution is 2.19. The number of nitrogens with zero attached hydrogens (tertiary/aromatic N) is 2. The van der Waals surface area contributed by atoms with E-state index >= 15 is 0 Å². The average molecular weight is 299 g/mol. The average Bonchev–Trinajstić information content (AvgIpc) is 2.82. The van der Waals surface area contributed by atoms with Gasteiger partial charge in [-0.3, -0.25) is 14.5 Å². The first-order valence-electron chi connectivity index (χ1n) is 6.59. The summed E-state index contributed by atoms with van der Waals surface area (Å²) in [5.41, 5.74) is 0. The Kier molecular flexibility index (Phi) is 4.12. The highest BCUT2D eigenvalue weighted by Gasteiger charge is 2.41. The molecule has 2 fully saturated rings. The molecule has 4 amide bonds. The lowest BCUT2D eigenvalue weighted by Crippen LogP contribution is -2.56. The zero-order chi connectivity index (χ0) is 15.7. The maximum atomic E-state index is 12.1. The van der Waals surface area contributed by atoms with Crippen LogP contribution >= 0.6 is 0 Å². The number of urea groups is 1. The SMILES string of the molecule is CN1C(=O)CCC(NC(=O)N2C[C@H](O)C[C@H]2C(=O)O)C1=O. The largest absolute Gasteiger partial charge is 0.480 e. The summed E-state index contributed by atoms with van der Waals surface area (Å²) in [6.45, 7) is -0.0987. The predicted molar refractivity (Wildman–Crippen MR) is 68.1 cm³/mol. The molecule has 9 nitrogen and oxygen atoms in total. The summed E-state index contributed by atoms with van der Waals surface area (Å²) in [4.78, 5) is 48.3. The Morgan fingerprint density at radius 1 is 1.33 bits per heavy atom. The van der Waals surface area contributed by atoms with Gasteiger partial charge in [0.05, 0.1) is 6.10 Å². The van der Waals surface area contributed by atoms with Gasteiger partial charge in [0.25, 0.3) is 5.91 Å². The van der Waals surface area contributed by atoms with Crippen LogP contribution in [0.15, 0.2) is 0 Å². The van der Waals surface area contributed by atoms with Gasteiger partial charge in [-0.25, -0.2) is 9.59 Å². The quantitative estimate of drug-likeness (QED) is 0.525. The number of hydrogen-bond acceptors (Lipinski definition) is 5. The number of aliphatic hydroxyl groups excluding tert-OH is 1. The summed E-state index contributed by atoms with van der Waals surface area (Å²) in [6, 6.07) is -2.69. The fourth-order valence-corrected chi connectivity index (χ4v) is 2.55. The van der Waals surface area contributed by atoms with Crippen LogP contribution in [-0.2, 0) is 14.4 Å². The lowest BCUT2D eigenvalue weighted by atomic mass is 10.1. The monoisotopic (exact) mass is 299 g/mol. The molecular formula is C12H17N3O6. The number of likely N-dealkylation sites (N-methyl/N-ethyl adjacent to an activating group) is 1. The number of carboxylic acids is 1. The number of carboxylic acid groups (broad SMARTS) is 1. The third-order valence-corrected chi connectivity index (χ3v) is 3.77. The zero-order valence-electron chi connectivity index (χ0n) is 11.5. The molecule has 0 saturated carbocycles. The molecule has 116 valence electrons. The van der Waals surface area contributed by atoms with E-state index in [1.165, 1.54) is 7.05 Å². The summed E-state index contributed by atoms with van der Waals surface area (Å²) in [5, 5.41) is 21.0. The van der Waals surface area contributed by atoms with Crippen molar-refractivity contribution in [2.24, 2.45) is 0 Å². The molecule has 2 rings (SSSR count). The van der Waals surface area contributed by atoms with Gasteiger partial charge in [-0.1, -0.05) is 0 Å². The third kappa shape index (κ3) is 2.97. The van der Waals surface area contributed by atoms with Crippen molar-refractivity contribution in [3.63, 3.8) is 0 Å². The van der Waals surface area contributed by atoms with Crippen LogP contribution in [0.1, 0.15) is 19.3 Å². The first kappa shape index (κ1) is 15.2. The number of aliphatic carboxylic acids is 1. The molecule has 9 heteroatoms. The Labute approximate surface area is 120 Å². The fourth-order valence-electron chi connectivity index (χ4n) is 2.55. The first-order chi connectivity index (χ1) is 9.81. The van der Waals surface area contributed by atoms with Gasteiger partial charge < -0.3 is 20.4 Å². The van der Waals surface area contributed by atoms with Gasteiger partial charge in [-0.05, 0) is 6.42 Å². The smallest absolute Gasteiger partial charge is 0.326 e. The topological polar surface area (TPSA) is 127 Å². The van der Waals surface area contributed by atoms with E-state index in [0.29, 0.717) is 0 Å². The van der Waals surface area contributed by atoms with E-state index in [-0.39, 0.29) is 31.7 Å². The number of amides is 4. The molecule has 2 aliphatic heterocycles. The second kappa shape index (κ2) is 5.68. The molecule has 0 aliphatic carbocycles. The molecule has 0 radical (unpaired) electrons. The molecule has 0 aromatic heterocycles. The summed E-state index contributed by atoms with van der Waals surface area (Å²) < 4.78 is 0. The third-order valence-electron chi connectivity index (χ3n) is 3.77. The maximum Gasteiger partial charge on any atom is 0.326 e. The standard InChI is InChI=1S/C12H17N3O6/c1-14-9(17)3-2-7(10(14)18)13-12(21)15-5-6(16)4-8(15)11(19)20/h6-8,16H,2-5H2,1H3,(H,13,21)(H,19,20)/t6-,7?,8+/m1/s1. The summed E-state index contributed by atoms with van der Waals surface area (Å²) in [7, 11) is 1.34. The van der Waals surface area contributed by atoms with Crippen LogP contribution in [0, 0.1) is 0 Å². The molecule has 0 aromatic rings. The predicted octanol–water partition coefficient (Wildman–Crippen LogP) is -1.64. The zero-order valence-corrected chi connectivity index (χ0v) is 11.5. The van der Waals surface area contributed by atoms with Gasteiger partial charge in [0, 0.05) is 26.4 Å². The fraction of sp³-hybridized carbons (Fsp3) is 0.667. The van der Waals surface area contributed by atoms with Gasteiger partial charge >= 0.3 is 12.0 Å². The number of likely N-dealkylation sites (tertiary alicyclic amines) is 2. The van der Waals surface area contributed by atoms with E-state index in [2.05, 4.69) is 5.32 Å². The second-order valence-electron chi connectivity index (χ2n) is 5.23. The van der Waals surface area contributed by atoms with Crippen LogP contribution in [0.2, 0.25) is 0 Å². The van der Waals surface area contributed by atoms with Crippen molar-refractivity contribution in [2.75, 3.05) is 13.6 Å². The molecule has 0 bridgehead atoms. The van der Waals surface area contributed by atoms with E-state index in [1.54, 1.807) is 0 Å². The number of aliphatic hydroxyl groups is 1. The van der Waals surface area contributed by atoms with Crippen LogP contribution in [0.3, 0.4) is 0 Å². The Morgan fingerprint density at radius 2 is 2.00 bits per heavy atom. The Morgan fingerprint density at radius 3 is 2.62 bits per heavy atom. The minimum absolute atomic E-state index is 0.0419. The molecule has 0 spiro atoms. The first-order valence-corrected chi connectivity index (χ1v) is 6.59. The molecule has 3 N–H and O–H groups in total. The molecule has 1 unspecified atom stereocenters. The highest BCUT2D eigenvalue weighted by atomic mass is 16.4. The Balaban J connectivity index is 2.02. The van der Waals surface area contributed by atoms with E-state index in [9.17, 15) is 24.3 Å². The molecule has 0 aromatic carbocycles. The molecule has 2 saturated heterocycles. The van der Waals surface area contributed by atoms with Crippen molar-refractivity contribution >= 4 is 23.8 Å². The molecule has 2 heterocycles. The lowest BCUT2D eigenvalue weighted by Gasteiger charge is -2.30. The summed E-state index contributed by atoms with van der Waals surface area (Å²) in [5.74, 6) is -2.04. The Bertz CT molecular complexity index is 493. The number of imide groups is 1. The van der Waals surface area contributed by atoms with Crippen molar-refractivity contribution in [1.29, 1.82) is 0 Å². The lowest BCUT2D eigenvalue weighted by molar-refractivity contribution is -0.147. The van der Waals surface area contributed by atoms with Gasteiger partial charge in [-0.2, -0.15) is 0 Å². The van der Waals surface area contributed by atoms with E-state index < -0.39 is 36.1 Å². The number of piperidine rings is 1. The van der Waals surface area contributed by atoms with Gasteiger partial charge in [0.1, 0.15) is 12.1 Å².